The highest BCUT2D eigenvalue weighted by atomic mass is 16.5. The first-order valence-electron chi connectivity index (χ1n) is 7.87. The fourth-order valence-corrected chi connectivity index (χ4v) is 2.58. The molecule has 0 atom stereocenters. The Morgan fingerprint density at radius 1 is 1.29 bits per heavy atom. The van der Waals surface area contributed by atoms with E-state index in [1.54, 1.807) is 7.11 Å². The van der Waals surface area contributed by atoms with Gasteiger partial charge in [0.2, 0.25) is 0 Å². The zero-order valence-electron chi connectivity index (χ0n) is 14.7. The summed E-state index contributed by atoms with van der Waals surface area (Å²) in [7, 11) is 3.77. The summed E-state index contributed by atoms with van der Waals surface area (Å²) in [5.41, 5.74) is 2.40. The van der Waals surface area contributed by atoms with Crippen LogP contribution in [-0.2, 0) is 18.3 Å². The van der Waals surface area contributed by atoms with Crippen LogP contribution < -0.4 is 10.2 Å². The number of nitrogens with one attached hydrogen (secondary N) is 1. The van der Waals surface area contributed by atoms with Crippen molar-refractivity contribution in [1.29, 1.82) is 0 Å². The highest BCUT2D eigenvalue weighted by Crippen LogP contribution is 2.26. The van der Waals surface area contributed by atoms with Crippen LogP contribution in [0.4, 0.5) is 5.82 Å². The lowest BCUT2D eigenvalue weighted by molar-refractivity contribution is 0.199. The maximum Gasteiger partial charge on any atom is 0.131 e. The van der Waals surface area contributed by atoms with Crippen molar-refractivity contribution in [1.82, 2.24) is 15.1 Å². The Bertz CT molecular complexity index is 426. The molecule has 1 aromatic heterocycles. The van der Waals surface area contributed by atoms with Gasteiger partial charge in [-0.3, -0.25) is 4.68 Å². The van der Waals surface area contributed by atoms with Crippen molar-refractivity contribution in [3.05, 3.63) is 11.3 Å². The molecule has 122 valence electrons. The molecule has 0 radical (unpaired) electrons. The lowest BCUT2D eigenvalue weighted by Crippen LogP contribution is -2.36. The SMILES string of the molecule is COCCNCc1c(C)nn(C)c1N(CC(C)C)C(C)C. The second kappa shape index (κ2) is 8.39. The van der Waals surface area contributed by atoms with E-state index in [4.69, 9.17) is 4.74 Å². The van der Waals surface area contributed by atoms with Gasteiger partial charge in [-0.25, -0.2) is 0 Å². The molecule has 0 aliphatic carbocycles. The van der Waals surface area contributed by atoms with Crippen LogP contribution >= 0.6 is 0 Å². The number of hydrogen-bond acceptors (Lipinski definition) is 4. The standard InChI is InChI=1S/C16H32N4O/c1-12(2)11-20(13(3)4)16-15(10-17-8-9-21-7)14(5)18-19(16)6/h12-13,17H,8-11H2,1-7H3. The Labute approximate surface area is 129 Å². The van der Waals surface area contributed by atoms with Gasteiger partial charge in [-0.15, -0.1) is 0 Å². The fraction of sp³-hybridized carbons (Fsp3) is 0.812. The highest BCUT2D eigenvalue weighted by molar-refractivity contribution is 5.51. The number of ether oxygens (including phenoxy) is 1. The van der Waals surface area contributed by atoms with Crippen molar-refractivity contribution in [2.45, 2.75) is 47.2 Å². The molecular weight excluding hydrogens is 264 g/mol. The molecule has 21 heavy (non-hydrogen) atoms. The molecule has 1 heterocycles. The molecule has 0 unspecified atom stereocenters. The van der Waals surface area contributed by atoms with E-state index in [0.29, 0.717) is 12.0 Å². The monoisotopic (exact) mass is 296 g/mol. The van der Waals surface area contributed by atoms with E-state index in [1.165, 1.54) is 11.4 Å². The number of anilines is 1. The Hall–Kier alpha value is -1.07. The van der Waals surface area contributed by atoms with E-state index in [2.05, 4.69) is 49.9 Å². The predicted octanol–water partition coefficient (Wildman–Crippen LogP) is 2.34. The molecule has 0 bridgehead atoms. The molecule has 0 aliphatic heterocycles. The summed E-state index contributed by atoms with van der Waals surface area (Å²) in [5.74, 6) is 1.86. The number of hydrogen-bond donors (Lipinski definition) is 1. The number of aromatic nitrogens is 2. The quantitative estimate of drug-likeness (QED) is 0.710. The predicted molar refractivity (Wildman–Crippen MR) is 88.8 cm³/mol. The van der Waals surface area contributed by atoms with Crippen LogP contribution in [0.1, 0.15) is 39.0 Å². The zero-order chi connectivity index (χ0) is 16.0. The Balaban J connectivity index is 2.97. The van der Waals surface area contributed by atoms with E-state index < -0.39 is 0 Å². The minimum absolute atomic E-state index is 0.458. The van der Waals surface area contributed by atoms with Crippen LogP contribution in [0.5, 0.6) is 0 Å². The van der Waals surface area contributed by atoms with Gasteiger partial charge in [-0.1, -0.05) is 13.8 Å². The molecule has 0 amide bonds. The average Bonchev–Trinajstić information content (AvgIpc) is 2.66. The van der Waals surface area contributed by atoms with Crippen molar-refractivity contribution in [3.63, 3.8) is 0 Å². The van der Waals surface area contributed by atoms with E-state index in [0.717, 1.165) is 31.9 Å². The lowest BCUT2D eigenvalue weighted by Gasteiger charge is -2.31. The zero-order valence-corrected chi connectivity index (χ0v) is 14.7. The van der Waals surface area contributed by atoms with E-state index in [9.17, 15) is 0 Å². The molecule has 0 saturated heterocycles. The summed E-state index contributed by atoms with van der Waals surface area (Å²) >= 11 is 0. The summed E-state index contributed by atoms with van der Waals surface area (Å²) in [6.07, 6.45) is 0. The molecule has 5 heteroatoms. The van der Waals surface area contributed by atoms with Crippen LogP contribution in [0.2, 0.25) is 0 Å². The van der Waals surface area contributed by atoms with Gasteiger partial charge in [0.25, 0.3) is 0 Å². The minimum Gasteiger partial charge on any atom is -0.383 e. The maximum atomic E-state index is 5.09. The van der Waals surface area contributed by atoms with Crippen molar-refractivity contribution in [3.8, 4) is 0 Å². The molecule has 0 fully saturated rings. The van der Waals surface area contributed by atoms with Gasteiger partial charge in [0.15, 0.2) is 0 Å². The van der Waals surface area contributed by atoms with Crippen molar-refractivity contribution < 1.29 is 4.74 Å². The lowest BCUT2D eigenvalue weighted by atomic mass is 10.1. The Kier molecular flexibility index (Phi) is 7.18. The molecule has 5 nitrogen and oxygen atoms in total. The maximum absolute atomic E-state index is 5.09. The van der Waals surface area contributed by atoms with Crippen LogP contribution in [0, 0.1) is 12.8 Å². The third-order valence-electron chi connectivity index (χ3n) is 3.56. The van der Waals surface area contributed by atoms with Crippen molar-refractivity contribution >= 4 is 5.82 Å². The van der Waals surface area contributed by atoms with Gasteiger partial charge in [-0.05, 0) is 26.7 Å². The molecule has 0 aromatic carbocycles. The number of nitrogens with zero attached hydrogens (tertiary/aromatic N) is 3. The first-order chi connectivity index (χ1) is 9.88. The molecule has 1 rings (SSSR count). The molecule has 0 spiro atoms. The van der Waals surface area contributed by atoms with E-state index >= 15 is 0 Å². The van der Waals surface area contributed by atoms with Crippen LogP contribution in [0.25, 0.3) is 0 Å². The summed E-state index contributed by atoms with van der Waals surface area (Å²) in [4.78, 5) is 2.46. The Morgan fingerprint density at radius 3 is 2.48 bits per heavy atom. The average molecular weight is 296 g/mol. The molecule has 1 aromatic rings. The third-order valence-corrected chi connectivity index (χ3v) is 3.56. The minimum atomic E-state index is 0.458. The van der Waals surface area contributed by atoms with Crippen LogP contribution in [-0.4, -0.2) is 42.6 Å². The van der Waals surface area contributed by atoms with Crippen molar-refractivity contribution in [2.75, 3.05) is 31.7 Å². The first kappa shape index (κ1) is 18.0. The summed E-state index contributed by atoms with van der Waals surface area (Å²) in [6.45, 7) is 14.6. The van der Waals surface area contributed by atoms with Gasteiger partial charge < -0.3 is 15.0 Å². The van der Waals surface area contributed by atoms with Gasteiger partial charge in [0.05, 0.1) is 12.3 Å². The van der Waals surface area contributed by atoms with E-state index in [-0.39, 0.29) is 0 Å². The van der Waals surface area contributed by atoms with Gasteiger partial charge >= 0.3 is 0 Å². The summed E-state index contributed by atoms with van der Waals surface area (Å²) in [6, 6.07) is 0.458. The van der Waals surface area contributed by atoms with Crippen LogP contribution in [0.3, 0.4) is 0 Å². The summed E-state index contributed by atoms with van der Waals surface area (Å²) in [5, 5.41) is 8.06. The molecular formula is C16H32N4O. The van der Waals surface area contributed by atoms with Gasteiger partial charge in [0.1, 0.15) is 5.82 Å². The number of methoxy groups -OCH3 is 1. The Morgan fingerprint density at radius 2 is 1.95 bits per heavy atom. The van der Waals surface area contributed by atoms with Crippen LogP contribution in [0.15, 0.2) is 0 Å². The summed E-state index contributed by atoms with van der Waals surface area (Å²) < 4.78 is 7.11. The van der Waals surface area contributed by atoms with E-state index in [1.807, 2.05) is 11.7 Å². The number of aryl methyl sites for hydroxylation is 2. The third kappa shape index (κ3) is 5.00. The highest BCUT2D eigenvalue weighted by Gasteiger charge is 2.21. The molecule has 0 aliphatic rings. The molecule has 1 N–H and O–H groups in total. The molecule has 0 saturated carbocycles. The number of rotatable bonds is 9. The topological polar surface area (TPSA) is 42.3 Å². The van der Waals surface area contributed by atoms with Gasteiger partial charge in [0, 0.05) is 45.4 Å². The largest absolute Gasteiger partial charge is 0.383 e. The fourth-order valence-electron chi connectivity index (χ4n) is 2.58. The van der Waals surface area contributed by atoms with Gasteiger partial charge in [-0.2, -0.15) is 5.10 Å². The normalized spacial score (nSPS) is 11.7. The van der Waals surface area contributed by atoms with Crippen molar-refractivity contribution in [2.24, 2.45) is 13.0 Å². The second-order valence-electron chi connectivity index (χ2n) is 6.32. The smallest absolute Gasteiger partial charge is 0.131 e. The first-order valence-corrected chi connectivity index (χ1v) is 7.87. The second-order valence-corrected chi connectivity index (χ2v) is 6.32.